The van der Waals surface area contributed by atoms with Gasteiger partial charge in [-0.05, 0) is 19.2 Å². The highest BCUT2D eigenvalue weighted by molar-refractivity contribution is 5.80. The number of aromatic amines is 1. The molecule has 0 unspecified atom stereocenters. The second-order valence-electron chi connectivity index (χ2n) is 5.88. The van der Waals surface area contributed by atoms with Crippen molar-refractivity contribution in [1.82, 2.24) is 19.6 Å². The largest absolute Gasteiger partial charge is 0.340 e. The number of amides is 1. The molecule has 7 heteroatoms. The molecule has 2 heterocycles. The third kappa shape index (κ3) is 3.19. The normalized spacial score (nSPS) is 16.0. The summed E-state index contributed by atoms with van der Waals surface area (Å²) in [4.78, 5) is 40.6. The first-order chi connectivity index (χ1) is 11.1. The Bertz CT molecular complexity index is 831. The van der Waals surface area contributed by atoms with Crippen LogP contribution in [0, 0.1) is 0 Å². The van der Waals surface area contributed by atoms with Gasteiger partial charge in [-0.2, -0.15) is 0 Å². The van der Waals surface area contributed by atoms with Crippen molar-refractivity contribution in [3.8, 4) is 0 Å². The van der Waals surface area contributed by atoms with Crippen LogP contribution in [0.15, 0.2) is 33.9 Å². The minimum absolute atomic E-state index is 0.0130. The fourth-order valence-electron chi connectivity index (χ4n) is 2.83. The molecular weight excluding hydrogens is 296 g/mol. The molecule has 2 aromatic rings. The number of carbonyl (C=O) groups excluding carboxylic acids is 1. The highest BCUT2D eigenvalue weighted by Crippen LogP contribution is 2.04. The third-order valence-corrected chi connectivity index (χ3v) is 4.29. The smallest absolute Gasteiger partial charge is 0.273 e. The van der Waals surface area contributed by atoms with E-state index in [9.17, 15) is 14.4 Å². The number of carbonyl (C=O) groups is 1. The van der Waals surface area contributed by atoms with Crippen LogP contribution < -0.4 is 11.1 Å². The Morgan fingerprint density at radius 1 is 1.09 bits per heavy atom. The SMILES string of the molecule is CN1CCN(C(=O)CCn2[nH]c(=O)c3ccccc3c2=O)CC1. The van der Waals surface area contributed by atoms with Gasteiger partial charge in [0, 0.05) is 32.6 Å². The maximum absolute atomic E-state index is 12.4. The molecule has 1 aliphatic rings. The number of piperazine rings is 1. The van der Waals surface area contributed by atoms with Gasteiger partial charge in [0.25, 0.3) is 11.1 Å². The molecule has 1 fully saturated rings. The molecule has 0 aliphatic carbocycles. The molecule has 3 rings (SSSR count). The molecular formula is C16H20N4O3. The van der Waals surface area contributed by atoms with Crippen LogP contribution in [0.1, 0.15) is 6.42 Å². The second-order valence-corrected chi connectivity index (χ2v) is 5.88. The summed E-state index contributed by atoms with van der Waals surface area (Å²) in [5.41, 5.74) is -0.585. The van der Waals surface area contributed by atoms with Gasteiger partial charge in [-0.3, -0.25) is 19.5 Å². The number of hydrogen-bond donors (Lipinski definition) is 1. The Morgan fingerprint density at radius 2 is 1.74 bits per heavy atom. The van der Waals surface area contributed by atoms with Crippen LogP contribution in [0.5, 0.6) is 0 Å². The average molecular weight is 316 g/mol. The number of rotatable bonds is 3. The van der Waals surface area contributed by atoms with E-state index < -0.39 is 0 Å². The van der Waals surface area contributed by atoms with Gasteiger partial charge in [0.1, 0.15) is 0 Å². The minimum atomic E-state index is -0.313. The van der Waals surface area contributed by atoms with Crippen molar-refractivity contribution in [2.75, 3.05) is 33.2 Å². The number of nitrogens with one attached hydrogen (secondary N) is 1. The molecule has 1 aromatic heterocycles. The van der Waals surface area contributed by atoms with Crippen molar-refractivity contribution in [3.05, 3.63) is 45.0 Å². The first-order valence-electron chi connectivity index (χ1n) is 7.74. The Balaban J connectivity index is 1.75. The van der Waals surface area contributed by atoms with Crippen LogP contribution in [0.3, 0.4) is 0 Å². The number of benzene rings is 1. The van der Waals surface area contributed by atoms with Crippen molar-refractivity contribution in [2.24, 2.45) is 0 Å². The van der Waals surface area contributed by atoms with E-state index in [1.807, 2.05) is 11.9 Å². The maximum Gasteiger partial charge on any atom is 0.273 e. The van der Waals surface area contributed by atoms with Crippen molar-refractivity contribution < 1.29 is 4.79 Å². The first-order valence-corrected chi connectivity index (χ1v) is 7.74. The van der Waals surface area contributed by atoms with E-state index in [2.05, 4.69) is 10.00 Å². The van der Waals surface area contributed by atoms with Gasteiger partial charge in [-0.1, -0.05) is 12.1 Å². The summed E-state index contributed by atoms with van der Waals surface area (Å²) in [5, 5.41) is 3.31. The number of nitrogens with zero attached hydrogens (tertiary/aromatic N) is 3. The second kappa shape index (κ2) is 6.37. The van der Waals surface area contributed by atoms with Crippen molar-refractivity contribution in [2.45, 2.75) is 13.0 Å². The highest BCUT2D eigenvalue weighted by atomic mass is 16.2. The fraction of sp³-hybridized carbons (Fsp3) is 0.438. The molecule has 0 bridgehead atoms. The summed E-state index contributed by atoms with van der Waals surface area (Å²) in [5.74, 6) is 0.0130. The van der Waals surface area contributed by atoms with Crippen LogP contribution in [-0.2, 0) is 11.3 Å². The van der Waals surface area contributed by atoms with Crippen molar-refractivity contribution in [1.29, 1.82) is 0 Å². The molecule has 1 aromatic carbocycles. The molecule has 0 spiro atoms. The lowest BCUT2D eigenvalue weighted by atomic mass is 10.2. The van der Waals surface area contributed by atoms with E-state index >= 15 is 0 Å². The number of H-pyrrole nitrogens is 1. The van der Waals surface area contributed by atoms with Crippen LogP contribution in [0.4, 0.5) is 0 Å². The molecule has 7 nitrogen and oxygen atoms in total. The summed E-state index contributed by atoms with van der Waals surface area (Å²) in [6.45, 7) is 3.32. The molecule has 0 atom stereocenters. The quantitative estimate of drug-likeness (QED) is 0.854. The molecule has 1 saturated heterocycles. The van der Waals surface area contributed by atoms with Crippen LogP contribution >= 0.6 is 0 Å². The van der Waals surface area contributed by atoms with E-state index in [1.54, 1.807) is 24.3 Å². The Labute approximate surface area is 133 Å². The van der Waals surface area contributed by atoms with Gasteiger partial charge >= 0.3 is 0 Å². The monoisotopic (exact) mass is 316 g/mol. The van der Waals surface area contributed by atoms with Gasteiger partial charge in [0.05, 0.1) is 17.3 Å². The van der Waals surface area contributed by atoms with E-state index in [1.165, 1.54) is 4.68 Å². The number of hydrogen-bond acceptors (Lipinski definition) is 4. The lowest BCUT2D eigenvalue weighted by Crippen LogP contribution is -2.47. The first kappa shape index (κ1) is 15.5. The molecule has 1 N–H and O–H groups in total. The molecule has 0 radical (unpaired) electrons. The predicted molar refractivity (Wildman–Crippen MR) is 87.5 cm³/mol. The number of aromatic nitrogens is 2. The minimum Gasteiger partial charge on any atom is -0.340 e. The topological polar surface area (TPSA) is 78.4 Å². The van der Waals surface area contributed by atoms with Gasteiger partial charge < -0.3 is 9.80 Å². The number of aryl methyl sites for hydroxylation is 1. The summed E-state index contributed by atoms with van der Waals surface area (Å²) < 4.78 is 1.23. The summed E-state index contributed by atoms with van der Waals surface area (Å²) >= 11 is 0. The Hall–Kier alpha value is -2.41. The Kier molecular flexibility index (Phi) is 4.29. The number of likely N-dealkylation sites (N-methyl/N-ethyl adjacent to an activating group) is 1. The van der Waals surface area contributed by atoms with E-state index in [4.69, 9.17) is 0 Å². The fourth-order valence-corrected chi connectivity index (χ4v) is 2.83. The van der Waals surface area contributed by atoms with E-state index in [-0.39, 0.29) is 30.0 Å². The lowest BCUT2D eigenvalue weighted by Gasteiger charge is -2.32. The molecule has 1 amide bonds. The zero-order valence-electron chi connectivity index (χ0n) is 13.1. The van der Waals surface area contributed by atoms with Gasteiger partial charge in [0.2, 0.25) is 5.91 Å². The molecule has 23 heavy (non-hydrogen) atoms. The molecule has 0 saturated carbocycles. The zero-order valence-corrected chi connectivity index (χ0v) is 13.1. The standard InChI is InChI=1S/C16H20N4O3/c1-18-8-10-19(11-9-18)14(21)6-7-20-16(23)13-5-3-2-4-12(13)15(22)17-20/h2-5H,6-11H2,1H3,(H,17,22). The maximum atomic E-state index is 12.4. The van der Waals surface area contributed by atoms with Crippen molar-refractivity contribution >= 4 is 16.7 Å². The van der Waals surface area contributed by atoms with Crippen LogP contribution in [0.2, 0.25) is 0 Å². The summed E-state index contributed by atoms with van der Waals surface area (Å²) in [6, 6.07) is 6.70. The lowest BCUT2D eigenvalue weighted by molar-refractivity contribution is -0.133. The zero-order chi connectivity index (χ0) is 16.4. The van der Waals surface area contributed by atoms with E-state index in [0.29, 0.717) is 23.9 Å². The third-order valence-electron chi connectivity index (χ3n) is 4.29. The van der Waals surface area contributed by atoms with Gasteiger partial charge in [0.15, 0.2) is 0 Å². The molecule has 122 valence electrons. The van der Waals surface area contributed by atoms with Crippen molar-refractivity contribution in [3.63, 3.8) is 0 Å². The van der Waals surface area contributed by atoms with Crippen LogP contribution in [-0.4, -0.2) is 58.7 Å². The average Bonchev–Trinajstić information content (AvgIpc) is 2.57. The van der Waals surface area contributed by atoms with Gasteiger partial charge in [-0.25, -0.2) is 4.68 Å². The van der Waals surface area contributed by atoms with Gasteiger partial charge in [-0.15, -0.1) is 0 Å². The highest BCUT2D eigenvalue weighted by Gasteiger charge is 2.19. The molecule has 1 aliphatic heterocycles. The van der Waals surface area contributed by atoms with E-state index in [0.717, 1.165) is 13.1 Å². The summed E-state index contributed by atoms with van der Waals surface area (Å²) in [7, 11) is 2.03. The number of fused-ring (bicyclic) bond motifs is 1. The summed E-state index contributed by atoms with van der Waals surface area (Å²) in [6.07, 6.45) is 0.206. The predicted octanol–water partition coefficient (Wildman–Crippen LogP) is -0.146. The Morgan fingerprint density at radius 3 is 2.43 bits per heavy atom. The van der Waals surface area contributed by atoms with Crippen LogP contribution in [0.25, 0.3) is 10.8 Å².